The number of β-amino-alcohol motifs (C(OH)–C–C–N with tert-alkyl or cyclic N) is 1. The third kappa shape index (κ3) is 2.02. The average Bonchev–Trinajstić information content (AvgIpc) is 2.79. The third-order valence-electron chi connectivity index (χ3n) is 4.31. The Balaban J connectivity index is 1.82. The molecule has 0 saturated heterocycles. The maximum absolute atomic E-state index is 12.6. The predicted octanol–water partition coefficient (Wildman–Crippen LogP) is 1.22. The molecule has 0 unspecified atom stereocenters. The molecule has 2 amide bonds. The van der Waals surface area contributed by atoms with E-state index >= 15 is 0 Å². The first-order valence-electron chi connectivity index (χ1n) is 7.34. The van der Waals surface area contributed by atoms with Crippen LogP contribution in [0.4, 0.5) is 0 Å². The number of ketones is 1. The average molecular weight is 327 g/mol. The molecule has 1 aromatic rings. The van der Waals surface area contributed by atoms with E-state index in [0.717, 1.165) is 15.4 Å². The molecule has 0 fully saturated rings. The van der Waals surface area contributed by atoms with E-state index in [9.17, 15) is 14.4 Å². The molecule has 23 heavy (non-hydrogen) atoms. The number of amides is 2. The summed E-state index contributed by atoms with van der Waals surface area (Å²) in [6, 6.07) is 7.77. The van der Waals surface area contributed by atoms with Crippen LogP contribution in [0.3, 0.4) is 0 Å². The number of imide groups is 1. The zero-order valence-corrected chi connectivity index (χ0v) is 13.0. The number of benzene rings is 1. The topological polar surface area (TPSA) is 74.7 Å². The van der Waals surface area contributed by atoms with Crippen molar-refractivity contribution in [3.05, 3.63) is 51.5 Å². The van der Waals surface area contributed by atoms with Gasteiger partial charge in [0.2, 0.25) is 0 Å². The Bertz CT molecular complexity index is 837. The number of nitrogens with zero attached hydrogens (tertiary/aromatic N) is 1. The number of fused-ring (bicyclic) bond motifs is 2. The molecule has 1 aromatic carbocycles. The Hall–Kier alpha value is -2.18. The van der Waals surface area contributed by atoms with Crippen LogP contribution in [-0.2, 0) is 20.8 Å². The number of Topliss-reactive ketones (excluding diaryl/α,β-unsaturated/α-hetero) is 1. The minimum atomic E-state index is -0.446. The molecule has 6 heteroatoms. The first-order chi connectivity index (χ1) is 11.1. The van der Waals surface area contributed by atoms with E-state index in [1.54, 1.807) is 0 Å². The van der Waals surface area contributed by atoms with Crippen molar-refractivity contribution in [2.24, 2.45) is 0 Å². The minimum absolute atomic E-state index is 0.0244. The van der Waals surface area contributed by atoms with Crippen LogP contribution < -0.4 is 0 Å². The highest BCUT2D eigenvalue weighted by Crippen LogP contribution is 2.48. The van der Waals surface area contributed by atoms with Gasteiger partial charge in [-0.2, -0.15) is 0 Å². The van der Waals surface area contributed by atoms with Crippen LogP contribution in [0.25, 0.3) is 0 Å². The molecule has 0 atom stereocenters. The van der Waals surface area contributed by atoms with Crippen molar-refractivity contribution in [2.45, 2.75) is 17.7 Å². The van der Waals surface area contributed by atoms with Gasteiger partial charge in [-0.05, 0) is 11.6 Å². The van der Waals surface area contributed by atoms with Crippen LogP contribution in [0.1, 0.15) is 12.0 Å². The molecule has 3 aliphatic rings. The van der Waals surface area contributed by atoms with Gasteiger partial charge in [0.25, 0.3) is 11.8 Å². The lowest BCUT2D eigenvalue weighted by Crippen LogP contribution is -2.34. The summed E-state index contributed by atoms with van der Waals surface area (Å²) in [5.74, 6) is -0.933. The van der Waals surface area contributed by atoms with Crippen LogP contribution >= 0.6 is 11.8 Å². The van der Waals surface area contributed by atoms with Gasteiger partial charge in [-0.15, -0.1) is 0 Å². The maximum atomic E-state index is 12.6. The summed E-state index contributed by atoms with van der Waals surface area (Å²) in [7, 11) is 0. The highest BCUT2D eigenvalue weighted by molar-refractivity contribution is 8.03. The third-order valence-corrected chi connectivity index (χ3v) is 5.59. The number of carbonyl (C=O) groups excluding carboxylic acids is 3. The molecule has 0 spiro atoms. The molecule has 1 aliphatic carbocycles. The van der Waals surface area contributed by atoms with Gasteiger partial charge in [0, 0.05) is 33.8 Å². The fraction of sp³-hybridized carbons (Fsp3) is 0.235. The van der Waals surface area contributed by atoms with Crippen molar-refractivity contribution in [1.29, 1.82) is 0 Å². The Labute approximate surface area is 136 Å². The van der Waals surface area contributed by atoms with Crippen molar-refractivity contribution in [3.63, 3.8) is 0 Å². The van der Waals surface area contributed by atoms with E-state index in [-0.39, 0.29) is 30.9 Å². The van der Waals surface area contributed by atoms with Crippen LogP contribution in [0.2, 0.25) is 0 Å². The van der Waals surface area contributed by atoms with E-state index in [4.69, 9.17) is 5.11 Å². The second-order valence-electron chi connectivity index (χ2n) is 5.63. The summed E-state index contributed by atoms with van der Waals surface area (Å²) in [4.78, 5) is 40.1. The molecule has 5 nitrogen and oxygen atoms in total. The molecular weight excluding hydrogens is 314 g/mol. The van der Waals surface area contributed by atoms with Gasteiger partial charge in [-0.3, -0.25) is 19.3 Å². The van der Waals surface area contributed by atoms with Gasteiger partial charge < -0.3 is 5.11 Å². The quantitative estimate of drug-likeness (QED) is 0.827. The number of hydrogen-bond donors (Lipinski definition) is 1. The number of hydrogen-bond acceptors (Lipinski definition) is 5. The van der Waals surface area contributed by atoms with Crippen LogP contribution in [0, 0.1) is 0 Å². The molecule has 116 valence electrons. The maximum Gasteiger partial charge on any atom is 0.262 e. The summed E-state index contributed by atoms with van der Waals surface area (Å²) in [5.41, 5.74) is 2.33. The summed E-state index contributed by atoms with van der Waals surface area (Å²) in [5, 5.41) is 9.06. The van der Waals surface area contributed by atoms with Crippen molar-refractivity contribution in [1.82, 2.24) is 4.90 Å². The molecule has 0 radical (unpaired) electrons. The van der Waals surface area contributed by atoms with Crippen LogP contribution in [0.5, 0.6) is 0 Å². The number of thioether (sulfide) groups is 1. The van der Waals surface area contributed by atoms with Gasteiger partial charge in [0.1, 0.15) is 0 Å². The van der Waals surface area contributed by atoms with Crippen LogP contribution in [-0.4, -0.2) is 40.8 Å². The summed E-state index contributed by atoms with van der Waals surface area (Å²) >= 11 is 1.39. The van der Waals surface area contributed by atoms with Gasteiger partial charge >= 0.3 is 0 Å². The smallest absolute Gasteiger partial charge is 0.262 e. The lowest BCUT2D eigenvalue weighted by atomic mass is 9.88. The molecule has 2 heterocycles. The number of rotatable bonds is 2. The van der Waals surface area contributed by atoms with Gasteiger partial charge in [-0.1, -0.05) is 30.0 Å². The Morgan fingerprint density at radius 3 is 2.61 bits per heavy atom. The van der Waals surface area contributed by atoms with Crippen molar-refractivity contribution in [2.75, 3.05) is 13.2 Å². The van der Waals surface area contributed by atoms with Gasteiger partial charge in [-0.25, -0.2) is 0 Å². The Kier molecular flexibility index (Phi) is 3.25. The SMILES string of the molecule is O=C1CC2=C(C(=O)N(CCO)C2=O)C2=C1Cc1ccccc1S2. The lowest BCUT2D eigenvalue weighted by molar-refractivity contribution is -0.138. The van der Waals surface area contributed by atoms with Crippen molar-refractivity contribution >= 4 is 29.4 Å². The zero-order chi connectivity index (χ0) is 16.1. The Morgan fingerprint density at radius 1 is 1.04 bits per heavy atom. The summed E-state index contributed by atoms with van der Waals surface area (Å²) in [6.45, 7) is -0.323. The molecule has 4 rings (SSSR count). The largest absolute Gasteiger partial charge is 0.395 e. The first-order valence-corrected chi connectivity index (χ1v) is 8.16. The van der Waals surface area contributed by atoms with E-state index in [2.05, 4.69) is 0 Å². The highest BCUT2D eigenvalue weighted by Gasteiger charge is 2.45. The highest BCUT2D eigenvalue weighted by atomic mass is 32.2. The summed E-state index contributed by atoms with van der Waals surface area (Å²) in [6.07, 6.45) is 0.471. The predicted molar refractivity (Wildman–Crippen MR) is 83.5 cm³/mol. The minimum Gasteiger partial charge on any atom is -0.395 e. The van der Waals surface area contributed by atoms with Crippen LogP contribution in [0.15, 0.2) is 50.8 Å². The zero-order valence-electron chi connectivity index (χ0n) is 12.2. The fourth-order valence-corrected chi connectivity index (χ4v) is 4.47. The molecule has 2 aliphatic heterocycles. The number of carbonyl (C=O) groups is 3. The van der Waals surface area contributed by atoms with Gasteiger partial charge in [0.05, 0.1) is 18.7 Å². The second-order valence-corrected chi connectivity index (χ2v) is 6.69. The number of aliphatic hydroxyl groups excluding tert-OH is 1. The van der Waals surface area contributed by atoms with Crippen molar-refractivity contribution < 1.29 is 19.5 Å². The summed E-state index contributed by atoms with van der Waals surface area (Å²) < 4.78 is 0. The number of allylic oxidation sites excluding steroid dienone is 1. The number of aliphatic hydroxyl groups is 1. The molecule has 0 bridgehead atoms. The molecule has 0 saturated carbocycles. The molecule has 0 aromatic heterocycles. The molecule has 1 N–H and O–H groups in total. The first kappa shape index (κ1) is 14.4. The van der Waals surface area contributed by atoms with Crippen molar-refractivity contribution in [3.8, 4) is 0 Å². The van der Waals surface area contributed by atoms with E-state index in [0.29, 0.717) is 22.5 Å². The second kappa shape index (κ2) is 5.18. The lowest BCUT2D eigenvalue weighted by Gasteiger charge is -2.25. The van der Waals surface area contributed by atoms with E-state index in [1.165, 1.54) is 11.8 Å². The fourth-order valence-electron chi connectivity index (χ4n) is 3.21. The normalized spacial score (nSPS) is 20.0. The Morgan fingerprint density at radius 2 is 1.83 bits per heavy atom. The van der Waals surface area contributed by atoms with E-state index in [1.807, 2.05) is 24.3 Å². The molecular formula is C17H13NO4S. The van der Waals surface area contributed by atoms with Gasteiger partial charge in [0.15, 0.2) is 5.78 Å². The monoisotopic (exact) mass is 327 g/mol. The standard InChI is InChI=1S/C17H13NO4S/c19-6-5-18-16(21)11-8-12(20)10-7-9-3-1-2-4-13(9)23-15(10)14(11)17(18)22/h1-4,19H,5-8H2. The van der Waals surface area contributed by atoms with E-state index < -0.39 is 11.8 Å².